The monoisotopic (exact) mass is 358 g/mol. The van der Waals surface area contributed by atoms with Gasteiger partial charge in [0.1, 0.15) is 0 Å². The molecule has 0 bridgehead atoms. The van der Waals surface area contributed by atoms with Crippen molar-refractivity contribution in [2.45, 2.75) is 27.7 Å². The van der Waals surface area contributed by atoms with Crippen molar-refractivity contribution >= 4 is 11.8 Å². The van der Waals surface area contributed by atoms with E-state index in [1.807, 2.05) is 32.2 Å². The first-order chi connectivity index (χ1) is 12.9. The molecule has 0 aliphatic carbocycles. The normalized spacial score (nSPS) is 11.7. The van der Waals surface area contributed by atoms with E-state index in [0.29, 0.717) is 0 Å². The molecule has 0 spiro atoms. The van der Waals surface area contributed by atoms with Crippen LogP contribution in [0.25, 0.3) is 17.5 Å². The molecule has 2 nitrogen and oxygen atoms in total. The van der Waals surface area contributed by atoms with Gasteiger partial charge in [-0.2, -0.15) is 0 Å². The largest absolute Gasteiger partial charge is 0.345 e. The van der Waals surface area contributed by atoms with Crippen LogP contribution in [-0.4, -0.2) is 16.5 Å². The minimum atomic E-state index is 0.943. The van der Waals surface area contributed by atoms with E-state index in [4.69, 9.17) is 0 Å². The standard InChI is InChI=1S/C25H30N2/c1-9-12-13-22(10-2)26(8)20(6)25-21(7)27(19(5)24(25)11-3)23-16-14-18(4)15-17-23/h9-17H,1,3,6H2,2,4-5,7-8H3/b13-12-,22-10+. The summed E-state index contributed by atoms with van der Waals surface area (Å²) in [4.78, 5) is 2.11. The van der Waals surface area contributed by atoms with E-state index in [1.165, 1.54) is 11.3 Å². The highest BCUT2D eigenvalue weighted by atomic mass is 15.1. The zero-order chi connectivity index (χ0) is 20.1. The Labute approximate surface area is 164 Å². The molecule has 0 unspecified atom stereocenters. The smallest absolute Gasteiger partial charge is 0.0455 e. The van der Waals surface area contributed by atoms with Crippen molar-refractivity contribution in [1.82, 2.24) is 9.47 Å². The van der Waals surface area contributed by atoms with Crippen LogP contribution in [0.3, 0.4) is 0 Å². The molecule has 0 atom stereocenters. The third kappa shape index (κ3) is 3.90. The molecule has 2 aromatic rings. The van der Waals surface area contributed by atoms with Gasteiger partial charge in [0.25, 0.3) is 0 Å². The molecule has 27 heavy (non-hydrogen) atoms. The minimum absolute atomic E-state index is 0.943. The molecular formula is C25H30N2. The molecule has 0 fully saturated rings. The van der Waals surface area contributed by atoms with E-state index in [9.17, 15) is 0 Å². The molecule has 0 saturated heterocycles. The predicted octanol–water partition coefficient (Wildman–Crippen LogP) is 6.59. The molecule has 0 aliphatic heterocycles. The second kappa shape index (κ2) is 8.59. The fourth-order valence-corrected chi connectivity index (χ4v) is 3.45. The van der Waals surface area contributed by atoms with Crippen LogP contribution in [-0.2, 0) is 0 Å². The van der Waals surface area contributed by atoms with Gasteiger partial charge in [-0.15, -0.1) is 0 Å². The van der Waals surface area contributed by atoms with Gasteiger partial charge >= 0.3 is 0 Å². The second-order valence-corrected chi connectivity index (χ2v) is 6.65. The second-order valence-electron chi connectivity index (χ2n) is 6.65. The van der Waals surface area contributed by atoms with Crippen molar-refractivity contribution in [3.63, 3.8) is 0 Å². The Hall–Kier alpha value is -3.00. The third-order valence-corrected chi connectivity index (χ3v) is 4.97. The Morgan fingerprint density at radius 2 is 1.67 bits per heavy atom. The number of likely N-dealkylation sites (N-methyl/N-ethyl adjacent to an activating group) is 1. The van der Waals surface area contributed by atoms with Crippen molar-refractivity contribution in [3.05, 3.63) is 102 Å². The lowest BCUT2D eigenvalue weighted by molar-refractivity contribution is 0.616. The van der Waals surface area contributed by atoms with Crippen molar-refractivity contribution < 1.29 is 0 Å². The molecule has 0 saturated carbocycles. The van der Waals surface area contributed by atoms with Gasteiger partial charge in [0.05, 0.1) is 0 Å². The number of hydrogen-bond acceptors (Lipinski definition) is 1. The van der Waals surface area contributed by atoms with E-state index >= 15 is 0 Å². The molecule has 0 radical (unpaired) electrons. The average Bonchev–Trinajstić information content (AvgIpc) is 2.92. The van der Waals surface area contributed by atoms with E-state index < -0.39 is 0 Å². The molecule has 140 valence electrons. The maximum Gasteiger partial charge on any atom is 0.0455 e. The van der Waals surface area contributed by atoms with E-state index in [2.05, 4.69) is 80.3 Å². The maximum absolute atomic E-state index is 4.40. The van der Waals surface area contributed by atoms with Crippen molar-refractivity contribution in [3.8, 4) is 5.69 Å². The number of nitrogens with zero attached hydrogens (tertiary/aromatic N) is 2. The lowest BCUT2D eigenvalue weighted by atomic mass is 10.1. The van der Waals surface area contributed by atoms with Gasteiger partial charge in [-0.1, -0.05) is 61.7 Å². The highest BCUT2D eigenvalue weighted by molar-refractivity contribution is 5.77. The van der Waals surface area contributed by atoms with Gasteiger partial charge in [0.15, 0.2) is 0 Å². The Balaban J connectivity index is 2.60. The van der Waals surface area contributed by atoms with Gasteiger partial charge in [0.2, 0.25) is 0 Å². The number of aryl methyl sites for hydroxylation is 1. The summed E-state index contributed by atoms with van der Waals surface area (Å²) >= 11 is 0. The lowest BCUT2D eigenvalue weighted by Crippen LogP contribution is -2.15. The van der Waals surface area contributed by atoms with Crippen LogP contribution in [0.4, 0.5) is 0 Å². The summed E-state index contributed by atoms with van der Waals surface area (Å²) < 4.78 is 2.28. The first kappa shape index (κ1) is 20.3. The summed E-state index contributed by atoms with van der Waals surface area (Å²) in [5.74, 6) is 0. The third-order valence-electron chi connectivity index (χ3n) is 4.97. The Morgan fingerprint density at radius 3 is 2.19 bits per heavy atom. The molecule has 1 heterocycles. The van der Waals surface area contributed by atoms with E-state index in [0.717, 1.165) is 33.9 Å². The highest BCUT2D eigenvalue weighted by Gasteiger charge is 2.21. The fourth-order valence-electron chi connectivity index (χ4n) is 3.45. The molecular weight excluding hydrogens is 328 g/mol. The van der Waals surface area contributed by atoms with Gasteiger partial charge in [-0.3, -0.25) is 0 Å². The molecule has 1 aromatic carbocycles. The summed E-state index contributed by atoms with van der Waals surface area (Å²) in [5.41, 5.74) is 8.98. The van der Waals surface area contributed by atoms with Crippen LogP contribution >= 0.6 is 0 Å². The number of hydrogen-bond donors (Lipinski definition) is 0. The van der Waals surface area contributed by atoms with Gasteiger partial charge in [-0.05, 0) is 45.9 Å². The lowest BCUT2D eigenvalue weighted by Gasteiger charge is -2.24. The molecule has 0 N–H and O–H groups in total. The van der Waals surface area contributed by atoms with Crippen LogP contribution < -0.4 is 0 Å². The van der Waals surface area contributed by atoms with Gasteiger partial charge < -0.3 is 9.47 Å². The zero-order valence-electron chi connectivity index (χ0n) is 17.2. The summed E-state index contributed by atoms with van der Waals surface area (Å²) in [6.45, 7) is 20.6. The summed E-state index contributed by atoms with van der Waals surface area (Å²) in [6, 6.07) is 8.59. The van der Waals surface area contributed by atoms with Crippen LogP contribution in [0, 0.1) is 20.8 Å². The van der Waals surface area contributed by atoms with Crippen LogP contribution in [0.1, 0.15) is 35.0 Å². The SMILES string of the molecule is C=C/C=C\C(=C/C)N(C)C(=C)c1c(C=C)c(C)n(-c2ccc(C)cc2)c1C. The van der Waals surface area contributed by atoms with Crippen LogP contribution in [0.5, 0.6) is 0 Å². The number of benzene rings is 1. The number of rotatable bonds is 7. The summed E-state index contributed by atoms with van der Waals surface area (Å²) in [6.07, 6.45) is 9.74. The van der Waals surface area contributed by atoms with Crippen molar-refractivity contribution in [2.75, 3.05) is 7.05 Å². The number of aromatic nitrogens is 1. The van der Waals surface area contributed by atoms with Crippen molar-refractivity contribution in [2.24, 2.45) is 0 Å². The molecule has 0 amide bonds. The molecule has 0 aliphatic rings. The Bertz CT molecular complexity index is 918. The molecule has 2 rings (SSSR count). The van der Waals surface area contributed by atoms with Crippen molar-refractivity contribution in [1.29, 1.82) is 0 Å². The zero-order valence-corrected chi connectivity index (χ0v) is 17.2. The maximum atomic E-state index is 4.40. The first-order valence-corrected chi connectivity index (χ1v) is 9.17. The minimum Gasteiger partial charge on any atom is -0.345 e. The van der Waals surface area contributed by atoms with E-state index in [1.54, 1.807) is 6.08 Å². The first-order valence-electron chi connectivity index (χ1n) is 9.17. The highest BCUT2D eigenvalue weighted by Crippen LogP contribution is 2.34. The Morgan fingerprint density at radius 1 is 1.04 bits per heavy atom. The quantitative estimate of drug-likeness (QED) is 0.507. The van der Waals surface area contributed by atoms with Gasteiger partial charge in [-0.25, -0.2) is 0 Å². The van der Waals surface area contributed by atoms with Crippen LogP contribution in [0.2, 0.25) is 0 Å². The topological polar surface area (TPSA) is 8.17 Å². The summed E-state index contributed by atoms with van der Waals surface area (Å²) in [5, 5.41) is 0. The number of allylic oxidation sites excluding steroid dienone is 4. The van der Waals surface area contributed by atoms with Gasteiger partial charge in [0, 0.05) is 46.6 Å². The Kier molecular flexibility index (Phi) is 6.46. The fraction of sp³-hybridized carbons (Fsp3) is 0.200. The average molecular weight is 359 g/mol. The predicted molar refractivity (Wildman–Crippen MR) is 120 cm³/mol. The summed E-state index contributed by atoms with van der Waals surface area (Å²) in [7, 11) is 2.04. The molecule has 1 aromatic heterocycles. The van der Waals surface area contributed by atoms with E-state index in [-0.39, 0.29) is 0 Å². The molecule has 2 heteroatoms. The van der Waals surface area contributed by atoms with Crippen LogP contribution in [0.15, 0.2) is 74.0 Å².